The lowest BCUT2D eigenvalue weighted by atomic mass is 10.0. The Morgan fingerprint density at radius 2 is 1.81 bits per heavy atom. The highest BCUT2D eigenvalue weighted by molar-refractivity contribution is 9.10. The van der Waals surface area contributed by atoms with Crippen LogP contribution in [0.1, 0.15) is 34.8 Å². The lowest BCUT2D eigenvalue weighted by molar-refractivity contribution is 0.0821. The van der Waals surface area contributed by atoms with Gasteiger partial charge in [0.05, 0.1) is 5.52 Å². The Hall–Kier alpha value is -2.80. The number of amides is 2. The third-order valence-corrected chi connectivity index (χ3v) is 6.42. The first-order valence-electron chi connectivity index (χ1n) is 10.4. The van der Waals surface area contributed by atoms with Gasteiger partial charge in [-0.05, 0) is 36.6 Å². The molecular formula is C24H26BrN3O3. The molecule has 1 aliphatic heterocycles. The Bertz CT molecular complexity index is 1090. The summed E-state index contributed by atoms with van der Waals surface area (Å²) in [6.07, 6.45) is 3.50. The van der Waals surface area contributed by atoms with Gasteiger partial charge in [-0.15, -0.1) is 0 Å². The molecule has 3 aromatic rings. The number of carbonyl (C=O) groups excluding carboxylic acids is 2. The number of aromatic nitrogens is 1. The van der Waals surface area contributed by atoms with Crippen molar-refractivity contribution in [3.63, 3.8) is 0 Å². The largest absolute Gasteiger partial charge is 0.445 e. The van der Waals surface area contributed by atoms with Crippen LogP contribution >= 0.6 is 15.9 Å². The van der Waals surface area contributed by atoms with Crippen molar-refractivity contribution < 1.29 is 14.3 Å². The Kier molecular flexibility index (Phi) is 6.32. The summed E-state index contributed by atoms with van der Waals surface area (Å²) in [5, 5.41) is 1.08. The molecule has 4 rings (SSSR count). The van der Waals surface area contributed by atoms with Gasteiger partial charge in [-0.25, -0.2) is 4.79 Å². The summed E-state index contributed by atoms with van der Waals surface area (Å²) in [6.45, 7) is 1.59. The molecule has 2 aromatic carbocycles. The minimum atomic E-state index is -0.263. The molecule has 1 aliphatic rings. The van der Waals surface area contributed by atoms with E-state index in [1.54, 1.807) is 23.9 Å². The second-order valence-electron chi connectivity index (χ2n) is 8.07. The van der Waals surface area contributed by atoms with Gasteiger partial charge in [0.1, 0.15) is 6.61 Å². The normalized spacial score (nSPS) is 14.6. The number of benzene rings is 2. The number of fused-ring (bicyclic) bond motifs is 1. The minimum absolute atomic E-state index is 0.0219. The second kappa shape index (κ2) is 9.14. The molecule has 1 fully saturated rings. The summed E-state index contributed by atoms with van der Waals surface area (Å²) >= 11 is 3.61. The third-order valence-electron chi connectivity index (χ3n) is 5.76. The van der Waals surface area contributed by atoms with E-state index in [9.17, 15) is 9.59 Å². The molecule has 31 heavy (non-hydrogen) atoms. The van der Waals surface area contributed by atoms with Crippen LogP contribution in [-0.4, -0.2) is 53.6 Å². The fourth-order valence-corrected chi connectivity index (χ4v) is 4.64. The second-order valence-corrected chi connectivity index (χ2v) is 8.93. The van der Waals surface area contributed by atoms with Gasteiger partial charge in [-0.1, -0.05) is 46.3 Å². The average molecular weight is 484 g/mol. The molecule has 7 heteroatoms. The molecule has 0 radical (unpaired) electrons. The van der Waals surface area contributed by atoms with E-state index in [1.165, 1.54) is 0 Å². The van der Waals surface area contributed by atoms with Crippen LogP contribution in [-0.2, 0) is 11.3 Å². The Morgan fingerprint density at radius 1 is 1.10 bits per heavy atom. The molecule has 2 amide bonds. The number of carbonyl (C=O) groups is 2. The van der Waals surface area contributed by atoms with Gasteiger partial charge in [-0.2, -0.15) is 0 Å². The van der Waals surface area contributed by atoms with Crippen molar-refractivity contribution >= 4 is 38.8 Å². The molecular weight excluding hydrogens is 458 g/mol. The van der Waals surface area contributed by atoms with Gasteiger partial charge in [0.2, 0.25) is 0 Å². The lowest BCUT2D eigenvalue weighted by Gasteiger charge is -2.32. The maximum Gasteiger partial charge on any atom is 0.410 e. The molecule has 0 aliphatic carbocycles. The van der Waals surface area contributed by atoms with E-state index in [0.717, 1.165) is 33.8 Å². The first-order chi connectivity index (χ1) is 14.9. The van der Waals surface area contributed by atoms with Crippen LogP contribution in [0.4, 0.5) is 4.79 Å². The van der Waals surface area contributed by atoms with Crippen molar-refractivity contribution in [3.8, 4) is 0 Å². The highest BCUT2D eigenvalue weighted by atomic mass is 79.9. The summed E-state index contributed by atoms with van der Waals surface area (Å²) in [4.78, 5) is 28.3. The Labute approximate surface area is 190 Å². The van der Waals surface area contributed by atoms with Crippen molar-refractivity contribution in [2.45, 2.75) is 25.5 Å². The molecule has 1 aromatic heterocycles. The smallest absolute Gasteiger partial charge is 0.410 e. The van der Waals surface area contributed by atoms with Gasteiger partial charge >= 0.3 is 6.09 Å². The van der Waals surface area contributed by atoms with Gasteiger partial charge < -0.3 is 19.1 Å². The van der Waals surface area contributed by atoms with E-state index >= 15 is 0 Å². The Morgan fingerprint density at radius 3 is 2.48 bits per heavy atom. The number of hydrogen-bond donors (Lipinski definition) is 0. The monoisotopic (exact) mass is 483 g/mol. The van der Waals surface area contributed by atoms with Crippen LogP contribution in [0.3, 0.4) is 0 Å². The van der Waals surface area contributed by atoms with Crippen molar-refractivity contribution in [1.29, 1.82) is 0 Å². The zero-order valence-corrected chi connectivity index (χ0v) is 19.3. The van der Waals surface area contributed by atoms with Crippen LogP contribution in [0.15, 0.2) is 59.2 Å². The predicted molar refractivity (Wildman–Crippen MR) is 124 cm³/mol. The number of hydrogen-bond acceptors (Lipinski definition) is 3. The zero-order valence-electron chi connectivity index (χ0n) is 17.8. The number of nitrogens with zero attached hydrogens (tertiary/aromatic N) is 3. The number of likely N-dealkylation sites (tertiary alicyclic amines) is 1. The fourth-order valence-electron chi connectivity index (χ4n) is 4.05. The maximum absolute atomic E-state index is 12.5. The maximum atomic E-state index is 12.5. The number of halogens is 1. The number of piperidine rings is 1. The zero-order chi connectivity index (χ0) is 22.0. The first kappa shape index (κ1) is 21.4. The molecule has 6 nitrogen and oxygen atoms in total. The van der Waals surface area contributed by atoms with E-state index in [4.69, 9.17) is 4.74 Å². The topological polar surface area (TPSA) is 54.8 Å². The summed E-state index contributed by atoms with van der Waals surface area (Å²) in [6, 6.07) is 15.9. The molecule has 0 unspecified atom stereocenters. The van der Waals surface area contributed by atoms with Crippen molar-refractivity contribution in [1.82, 2.24) is 14.4 Å². The molecule has 0 saturated carbocycles. The van der Waals surface area contributed by atoms with E-state index in [2.05, 4.69) is 32.8 Å². The summed E-state index contributed by atoms with van der Waals surface area (Å²) in [5.41, 5.74) is 2.68. The molecule has 0 N–H and O–H groups in total. The quantitative estimate of drug-likeness (QED) is 0.519. The van der Waals surface area contributed by atoms with E-state index in [-0.39, 0.29) is 18.0 Å². The van der Waals surface area contributed by atoms with Crippen molar-refractivity contribution in [2.24, 2.45) is 0 Å². The van der Waals surface area contributed by atoms with Gasteiger partial charge in [0, 0.05) is 54.8 Å². The number of rotatable bonds is 4. The van der Waals surface area contributed by atoms with Crippen molar-refractivity contribution in [2.75, 3.05) is 27.2 Å². The minimum Gasteiger partial charge on any atom is -0.445 e. The van der Waals surface area contributed by atoms with Crippen molar-refractivity contribution in [3.05, 3.63) is 70.3 Å². The van der Waals surface area contributed by atoms with Crippen LogP contribution in [0.2, 0.25) is 0 Å². The van der Waals surface area contributed by atoms with E-state index < -0.39 is 0 Å². The molecule has 0 spiro atoms. The predicted octanol–water partition coefficient (Wildman–Crippen LogP) is 5.08. The average Bonchev–Trinajstić information content (AvgIpc) is 3.22. The summed E-state index contributed by atoms with van der Waals surface area (Å²) in [7, 11) is 3.51. The molecule has 2 heterocycles. The Balaban J connectivity index is 1.43. The number of ether oxygens (including phenoxy) is 1. The standard InChI is InChI=1S/C24H26BrN3O3/c1-26(2)23(29)18-14-21(25)20-10-13-28(22(20)15-18)19-8-11-27(12-9-19)24(30)31-16-17-6-4-3-5-7-17/h3-7,10,13-15,19H,8-9,11-12,16H2,1-2H3. The van der Waals surface area contributed by atoms with E-state index in [1.807, 2.05) is 42.5 Å². The van der Waals surface area contributed by atoms with Gasteiger partial charge in [-0.3, -0.25) is 4.79 Å². The molecule has 0 bridgehead atoms. The molecule has 1 saturated heterocycles. The van der Waals surface area contributed by atoms with E-state index in [0.29, 0.717) is 25.3 Å². The highest BCUT2D eigenvalue weighted by Gasteiger charge is 2.26. The first-order valence-corrected chi connectivity index (χ1v) is 11.2. The third kappa shape index (κ3) is 4.61. The molecule has 0 atom stereocenters. The van der Waals surface area contributed by atoms with Gasteiger partial charge in [0.15, 0.2) is 0 Å². The van der Waals surface area contributed by atoms with Crippen LogP contribution in [0.25, 0.3) is 10.9 Å². The molecule has 162 valence electrons. The van der Waals surface area contributed by atoms with Crippen LogP contribution in [0, 0.1) is 0 Å². The summed E-state index contributed by atoms with van der Waals surface area (Å²) in [5.74, 6) is -0.0219. The van der Waals surface area contributed by atoms with Crippen LogP contribution < -0.4 is 0 Å². The highest BCUT2D eigenvalue weighted by Crippen LogP contribution is 2.32. The SMILES string of the molecule is CN(C)C(=O)c1cc(Br)c2ccn(C3CCN(C(=O)OCc4ccccc4)CC3)c2c1. The van der Waals surface area contributed by atoms with Crippen LogP contribution in [0.5, 0.6) is 0 Å². The summed E-state index contributed by atoms with van der Waals surface area (Å²) < 4.78 is 8.62. The van der Waals surface area contributed by atoms with Gasteiger partial charge in [0.25, 0.3) is 5.91 Å². The fraction of sp³-hybridized carbons (Fsp3) is 0.333. The lowest BCUT2D eigenvalue weighted by Crippen LogP contribution is -2.39.